The summed E-state index contributed by atoms with van der Waals surface area (Å²) in [7, 11) is 0. The van der Waals surface area contributed by atoms with Gasteiger partial charge in [0.1, 0.15) is 0 Å². The van der Waals surface area contributed by atoms with Gasteiger partial charge < -0.3 is 4.42 Å². The molecule has 3 rings (SSSR count). The molecule has 0 radical (unpaired) electrons. The van der Waals surface area contributed by atoms with E-state index in [1.807, 2.05) is 6.07 Å². The summed E-state index contributed by atoms with van der Waals surface area (Å²) >= 11 is 0. The minimum Gasteiger partial charge on any atom is -0.403 e. The van der Waals surface area contributed by atoms with Gasteiger partial charge in [0.15, 0.2) is 0 Å². The maximum absolute atomic E-state index is 12.5. The van der Waals surface area contributed by atoms with Gasteiger partial charge in [-0.1, -0.05) is 18.2 Å². The van der Waals surface area contributed by atoms with E-state index in [0.717, 1.165) is 16.8 Å². The monoisotopic (exact) mass is 305 g/mol. The summed E-state index contributed by atoms with van der Waals surface area (Å²) in [6.45, 7) is 0. The predicted molar refractivity (Wildman–Crippen MR) is 72.1 cm³/mol. The normalized spacial score (nSPS) is 11.6. The lowest BCUT2D eigenvalue weighted by atomic mass is 10.2. The molecule has 3 aromatic rings. The van der Waals surface area contributed by atoms with Crippen LogP contribution in [0, 0.1) is 5.41 Å². The molecule has 0 aliphatic carbocycles. The maximum atomic E-state index is 12.5. The first-order chi connectivity index (χ1) is 10.4. The maximum Gasteiger partial charge on any atom is 0.416 e. The van der Waals surface area contributed by atoms with Gasteiger partial charge in [-0.15, -0.1) is 5.10 Å². The van der Waals surface area contributed by atoms with Gasteiger partial charge in [-0.2, -0.15) is 17.9 Å². The van der Waals surface area contributed by atoms with Gasteiger partial charge >= 0.3 is 11.9 Å². The molecule has 0 amide bonds. The Balaban J connectivity index is 1.99. The summed E-state index contributed by atoms with van der Waals surface area (Å²) in [6.07, 6.45) is -4.40. The Morgan fingerprint density at radius 2 is 1.59 bits per heavy atom. The summed E-state index contributed by atoms with van der Waals surface area (Å²) in [5, 5.41) is 11.9. The Labute approximate surface area is 123 Å². The molecule has 4 nitrogen and oxygen atoms in total. The zero-order valence-electron chi connectivity index (χ0n) is 11.1. The van der Waals surface area contributed by atoms with Crippen LogP contribution in [0.3, 0.4) is 0 Å². The van der Waals surface area contributed by atoms with Crippen LogP contribution in [-0.2, 0) is 6.18 Å². The highest BCUT2D eigenvalue weighted by Gasteiger charge is 2.30. The van der Waals surface area contributed by atoms with Crippen molar-refractivity contribution in [3.05, 3.63) is 65.8 Å². The molecule has 112 valence electrons. The first kappa shape index (κ1) is 14.1. The van der Waals surface area contributed by atoms with Crippen LogP contribution in [0.2, 0.25) is 0 Å². The Hall–Kier alpha value is -2.83. The number of alkyl halides is 3. The minimum atomic E-state index is -4.40. The lowest BCUT2D eigenvalue weighted by molar-refractivity contribution is -0.137. The molecule has 0 aliphatic heterocycles. The third kappa shape index (κ3) is 2.65. The number of hydrogen-bond acceptors (Lipinski definition) is 3. The Kier molecular flexibility index (Phi) is 3.32. The van der Waals surface area contributed by atoms with E-state index in [1.54, 1.807) is 24.3 Å². The first-order valence-electron chi connectivity index (χ1n) is 6.33. The molecule has 0 spiro atoms. The fourth-order valence-electron chi connectivity index (χ4n) is 1.96. The highest BCUT2D eigenvalue weighted by atomic mass is 19.4. The number of aromatic nitrogens is 2. The predicted octanol–water partition coefficient (Wildman–Crippen LogP) is 3.63. The zero-order valence-corrected chi connectivity index (χ0v) is 11.1. The van der Waals surface area contributed by atoms with Crippen molar-refractivity contribution >= 4 is 0 Å². The molecule has 1 aromatic heterocycles. The van der Waals surface area contributed by atoms with E-state index in [0.29, 0.717) is 11.3 Å². The van der Waals surface area contributed by atoms with Crippen LogP contribution in [-0.4, -0.2) is 9.78 Å². The van der Waals surface area contributed by atoms with Gasteiger partial charge in [-0.25, -0.2) is 5.41 Å². The van der Waals surface area contributed by atoms with E-state index in [-0.39, 0.29) is 11.6 Å². The van der Waals surface area contributed by atoms with Crippen molar-refractivity contribution in [2.75, 3.05) is 0 Å². The summed E-state index contributed by atoms with van der Waals surface area (Å²) in [4.78, 5) is 0. The number of hydrogen-bond donors (Lipinski definition) is 1. The summed E-state index contributed by atoms with van der Waals surface area (Å²) in [5.41, 5.74) is -0.0145. The molecule has 2 aromatic carbocycles. The zero-order chi connectivity index (χ0) is 15.7. The van der Waals surface area contributed by atoms with Crippen molar-refractivity contribution in [2.45, 2.75) is 6.18 Å². The van der Waals surface area contributed by atoms with Gasteiger partial charge in [0.05, 0.1) is 11.3 Å². The van der Waals surface area contributed by atoms with Gasteiger partial charge in [0, 0.05) is 5.56 Å². The molecule has 0 bridgehead atoms. The quantitative estimate of drug-likeness (QED) is 0.786. The Morgan fingerprint density at radius 1 is 0.955 bits per heavy atom. The van der Waals surface area contributed by atoms with Gasteiger partial charge in [0.25, 0.3) is 0 Å². The van der Waals surface area contributed by atoms with Crippen molar-refractivity contribution < 1.29 is 17.6 Å². The van der Waals surface area contributed by atoms with Gasteiger partial charge in [-0.05, 0) is 36.4 Å². The standard InChI is InChI=1S/C15H10F3N3O/c16-15(17,18)11-6-8-12(9-7-11)21-14(19)22-13(20-21)10-4-2-1-3-5-10/h1-9,19H. The first-order valence-corrected chi connectivity index (χ1v) is 6.33. The lowest BCUT2D eigenvalue weighted by Gasteiger charge is -2.06. The van der Waals surface area contributed by atoms with Crippen LogP contribution >= 0.6 is 0 Å². The van der Waals surface area contributed by atoms with Crippen LogP contribution in [0.5, 0.6) is 0 Å². The second-order valence-electron chi connectivity index (χ2n) is 4.53. The molecular formula is C15H10F3N3O. The number of benzene rings is 2. The van der Waals surface area contributed by atoms with Crippen molar-refractivity contribution in [2.24, 2.45) is 0 Å². The Bertz CT molecular complexity index is 833. The number of rotatable bonds is 2. The highest BCUT2D eigenvalue weighted by molar-refractivity contribution is 5.52. The third-order valence-electron chi connectivity index (χ3n) is 3.04. The smallest absolute Gasteiger partial charge is 0.403 e. The summed E-state index contributed by atoms with van der Waals surface area (Å²) in [6, 6.07) is 13.3. The molecule has 0 aliphatic rings. The molecule has 0 unspecified atom stereocenters. The molecule has 1 N–H and O–H groups in total. The van der Waals surface area contributed by atoms with E-state index < -0.39 is 11.7 Å². The Morgan fingerprint density at radius 3 is 2.18 bits per heavy atom. The van der Waals surface area contributed by atoms with E-state index >= 15 is 0 Å². The molecule has 0 atom stereocenters. The number of halogens is 3. The molecule has 1 heterocycles. The van der Waals surface area contributed by atoms with Gasteiger partial charge in [0.2, 0.25) is 5.89 Å². The van der Waals surface area contributed by atoms with Crippen LogP contribution in [0.25, 0.3) is 17.1 Å². The molecule has 22 heavy (non-hydrogen) atoms. The molecule has 0 saturated carbocycles. The topological polar surface area (TPSA) is 54.8 Å². The average molecular weight is 305 g/mol. The fraction of sp³-hybridized carbons (Fsp3) is 0.0667. The van der Waals surface area contributed by atoms with Gasteiger partial charge in [-0.3, -0.25) is 0 Å². The van der Waals surface area contributed by atoms with Crippen molar-refractivity contribution in [3.63, 3.8) is 0 Å². The number of nitrogens with zero attached hydrogens (tertiary/aromatic N) is 2. The SMILES string of the molecule is N=c1oc(-c2ccccc2)nn1-c1ccc(C(F)(F)F)cc1. The minimum absolute atomic E-state index is 0.227. The average Bonchev–Trinajstić information content (AvgIpc) is 2.89. The van der Waals surface area contributed by atoms with Crippen LogP contribution in [0.1, 0.15) is 5.56 Å². The molecule has 0 fully saturated rings. The van der Waals surface area contributed by atoms with E-state index in [2.05, 4.69) is 5.10 Å². The van der Waals surface area contributed by atoms with E-state index in [1.165, 1.54) is 12.1 Å². The third-order valence-corrected chi connectivity index (χ3v) is 3.04. The number of nitrogens with one attached hydrogen (secondary N) is 1. The second kappa shape index (κ2) is 5.18. The summed E-state index contributed by atoms with van der Waals surface area (Å²) in [5.74, 6) is 0.227. The van der Waals surface area contributed by atoms with Crippen LogP contribution in [0.4, 0.5) is 13.2 Å². The molecule has 7 heteroatoms. The lowest BCUT2D eigenvalue weighted by Crippen LogP contribution is -2.14. The van der Waals surface area contributed by atoms with Crippen molar-refractivity contribution in [1.29, 1.82) is 5.41 Å². The summed E-state index contributed by atoms with van der Waals surface area (Å²) < 4.78 is 44.0. The second-order valence-corrected chi connectivity index (χ2v) is 4.53. The molecule has 0 saturated heterocycles. The largest absolute Gasteiger partial charge is 0.416 e. The van der Waals surface area contributed by atoms with Crippen LogP contribution < -0.4 is 5.68 Å². The van der Waals surface area contributed by atoms with Crippen molar-refractivity contribution in [1.82, 2.24) is 9.78 Å². The molecular weight excluding hydrogens is 295 g/mol. The van der Waals surface area contributed by atoms with E-state index in [4.69, 9.17) is 9.83 Å². The van der Waals surface area contributed by atoms with Crippen LogP contribution in [0.15, 0.2) is 59.0 Å². The fourth-order valence-corrected chi connectivity index (χ4v) is 1.96. The van der Waals surface area contributed by atoms with E-state index in [9.17, 15) is 13.2 Å². The highest BCUT2D eigenvalue weighted by Crippen LogP contribution is 2.29. The van der Waals surface area contributed by atoms with Crippen molar-refractivity contribution in [3.8, 4) is 17.1 Å².